The third kappa shape index (κ3) is 6.30. The van der Waals surface area contributed by atoms with Crippen molar-refractivity contribution in [1.29, 1.82) is 0 Å². The number of fused-ring (bicyclic) bond motifs is 1. The number of halogens is 1. The summed E-state index contributed by atoms with van der Waals surface area (Å²) in [5.41, 5.74) is 1.83. The van der Waals surface area contributed by atoms with Gasteiger partial charge in [0.2, 0.25) is 0 Å². The van der Waals surface area contributed by atoms with Crippen molar-refractivity contribution in [3.8, 4) is 0 Å². The Morgan fingerprint density at radius 2 is 1.49 bits per heavy atom. The lowest BCUT2D eigenvalue weighted by Crippen LogP contribution is -2.38. The molecule has 0 unspecified atom stereocenters. The SMILES string of the molecule is CCN(CC)CCN(C(=O)c1ccc(S(=O)(=O)N(C)c2ccccc2)cc1)c1nc2ccccc2s1.Cl. The van der Waals surface area contributed by atoms with Crippen LogP contribution in [-0.4, -0.2) is 57.4 Å². The third-order valence-corrected chi connectivity index (χ3v) is 9.03. The predicted octanol–water partition coefficient (Wildman–Crippen LogP) is 5.53. The molecule has 7 nitrogen and oxygen atoms in total. The van der Waals surface area contributed by atoms with Gasteiger partial charge in [-0.25, -0.2) is 13.4 Å². The molecular formula is C27H31ClN4O3S2. The Bertz CT molecular complexity index is 1390. The number of nitrogens with zero attached hydrogens (tertiary/aromatic N) is 4. The second-order valence-corrected chi connectivity index (χ2v) is 11.3. The number of amides is 1. The molecular weight excluding hydrogens is 528 g/mol. The smallest absolute Gasteiger partial charge is 0.264 e. The first-order chi connectivity index (χ1) is 17.3. The minimum Gasteiger partial charge on any atom is -0.302 e. The first-order valence-corrected chi connectivity index (χ1v) is 14.1. The Morgan fingerprint density at radius 1 is 0.865 bits per heavy atom. The van der Waals surface area contributed by atoms with Crippen LogP contribution in [0.4, 0.5) is 10.8 Å². The van der Waals surface area contributed by atoms with Crippen molar-refractivity contribution in [1.82, 2.24) is 9.88 Å². The molecule has 0 saturated carbocycles. The number of carbonyl (C=O) groups is 1. The van der Waals surface area contributed by atoms with E-state index in [-0.39, 0.29) is 23.2 Å². The lowest BCUT2D eigenvalue weighted by Gasteiger charge is -2.25. The highest BCUT2D eigenvalue weighted by molar-refractivity contribution is 7.92. The van der Waals surface area contributed by atoms with Crippen LogP contribution in [0, 0.1) is 0 Å². The number of thiazole rings is 1. The predicted molar refractivity (Wildman–Crippen MR) is 155 cm³/mol. The van der Waals surface area contributed by atoms with E-state index >= 15 is 0 Å². The average molecular weight is 559 g/mol. The van der Waals surface area contributed by atoms with Crippen LogP contribution in [0.1, 0.15) is 24.2 Å². The fraction of sp³-hybridized carbons (Fsp3) is 0.259. The topological polar surface area (TPSA) is 73.8 Å². The second-order valence-electron chi connectivity index (χ2n) is 8.28. The summed E-state index contributed by atoms with van der Waals surface area (Å²) in [6, 6.07) is 22.8. The largest absolute Gasteiger partial charge is 0.302 e. The van der Waals surface area contributed by atoms with Crippen molar-refractivity contribution in [2.45, 2.75) is 18.7 Å². The molecule has 0 radical (unpaired) electrons. The number of para-hydroxylation sites is 2. The molecule has 0 saturated heterocycles. The van der Waals surface area contributed by atoms with Gasteiger partial charge in [-0.2, -0.15) is 0 Å². The van der Waals surface area contributed by atoms with Crippen molar-refractivity contribution in [2.75, 3.05) is 42.4 Å². The summed E-state index contributed by atoms with van der Waals surface area (Å²) in [4.78, 5) is 22.4. The van der Waals surface area contributed by atoms with Gasteiger partial charge in [0.25, 0.3) is 15.9 Å². The molecule has 4 rings (SSSR count). The van der Waals surface area contributed by atoms with E-state index in [9.17, 15) is 13.2 Å². The number of sulfonamides is 1. The highest BCUT2D eigenvalue weighted by Crippen LogP contribution is 2.30. The van der Waals surface area contributed by atoms with E-state index in [0.717, 1.165) is 23.3 Å². The molecule has 4 aromatic rings. The van der Waals surface area contributed by atoms with Gasteiger partial charge in [0.05, 0.1) is 20.8 Å². The third-order valence-electron chi connectivity index (χ3n) is 6.17. The van der Waals surface area contributed by atoms with Crippen LogP contribution in [0.2, 0.25) is 0 Å². The highest BCUT2D eigenvalue weighted by atomic mass is 35.5. The molecule has 1 aromatic heterocycles. The Balaban J connectivity index is 0.00000380. The molecule has 0 atom stereocenters. The van der Waals surface area contributed by atoms with E-state index in [2.05, 4.69) is 18.7 Å². The second kappa shape index (κ2) is 12.5. The van der Waals surface area contributed by atoms with E-state index in [4.69, 9.17) is 4.98 Å². The normalized spacial score (nSPS) is 11.4. The standard InChI is InChI=1S/C27H30N4O3S2.ClH/c1-4-30(5-2)19-20-31(27-28-24-13-9-10-14-25(24)35-27)26(32)21-15-17-23(18-16-21)36(33,34)29(3)22-11-7-6-8-12-22;/h6-18H,4-5,19-20H2,1-3H3;1H. The maximum atomic E-state index is 13.6. The van der Waals surface area contributed by atoms with Crippen LogP contribution in [0.3, 0.4) is 0 Å². The summed E-state index contributed by atoms with van der Waals surface area (Å²) < 4.78 is 28.5. The maximum absolute atomic E-state index is 13.6. The van der Waals surface area contributed by atoms with E-state index in [1.54, 1.807) is 41.3 Å². The van der Waals surface area contributed by atoms with E-state index in [0.29, 0.717) is 29.5 Å². The highest BCUT2D eigenvalue weighted by Gasteiger charge is 2.24. The van der Waals surface area contributed by atoms with E-state index in [1.807, 2.05) is 30.3 Å². The average Bonchev–Trinajstić information content (AvgIpc) is 3.35. The molecule has 0 aliphatic rings. The van der Waals surface area contributed by atoms with Gasteiger partial charge in [0.15, 0.2) is 5.13 Å². The zero-order valence-electron chi connectivity index (χ0n) is 21.1. The molecule has 1 heterocycles. The van der Waals surface area contributed by atoms with Crippen molar-refractivity contribution >= 4 is 60.7 Å². The number of aromatic nitrogens is 1. The lowest BCUT2D eigenvalue weighted by atomic mass is 10.2. The van der Waals surface area contributed by atoms with Crippen LogP contribution in [0.5, 0.6) is 0 Å². The number of hydrogen-bond acceptors (Lipinski definition) is 6. The first-order valence-electron chi connectivity index (χ1n) is 11.9. The first kappa shape index (κ1) is 28.6. The quantitative estimate of drug-likeness (QED) is 0.256. The molecule has 196 valence electrons. The van der Waals surface area contributed by atoms with Gasteiger partial charge in [0, 0.05) is 25.7 Å². The monoisotopic (exact) mass is 558 g/mol. The molecule has 10 heteroatoms. The van der Waals surface area contributed by atoms with Gasteiger partial charge in [-0.15, -0.1) is 12.4 Å². The summed E-state index contributed by atoms with van der Waals surface area (Å²) in [6.07, 6.45) is 0. The molecule has 0 aliphatic carbocycles. The molecule has 0 spiro atoms. The summed E-state index contributed by atoms with van der Waals surface area (Å²) >= 11 is 1.48. The Morgan fingerprint density at radius 3 is 2.11 bits per heavy atom. The minimum atomic E-state index is -3.76. The van der Waals surface area contributed by atoms with Crippen LogP contribution < -0.4 is 9.21 Å². The summed E-state index contributed by atoms with van der Waals surface area (Å²) in [6.45, 7) is 7.16. The van der Waals surface area contributed by atoms with Gasteiger partial charge in [-0.3, -0.25) is 14.0 Å². The number of likely N-dealkylation sites (N-methyl/N-ethyl adjacent to an activating group) is 1. The Hall–Kier alpha value is -2.98. The van der Waals surface area contributed by atoms with Gasteiger partial charge in [0.1, 0.15) is 0 Å². The van der Waals surface area contributed by atoms with Gasteiger partial charge in [-0.05, 0) is 61.6 Å². The fourth-order valence-electron chi connectivity index (χ4n) is 3.90. The van der Waals surface area contributed by atoms with Gasteiger partial charge < -0.3 is 4.90 Å². The zero-order chi connectivity index (χ0) is 25.7. The minimum absolute atomic E-state index is 0. The summed E-state index contributed by atoms with van der Waals surface area (Å²) in [7, 11) is -2.24. The lowest BCUT2D eigenvalue weighted by molar-refractivity contribution is 0.0983. The summed E-state index contributed by atoms with van der Waals surface area (Å²) in [5.74, 6) is -0.207. The van der Waals surface area contributed by atoms with Crippen molar-refractivity contribution in [2.24, 2.45) is 0 Å². The number of rotatable bonds is 10. The van der Waals surface area contributed by atoms with E-state index < -0.39 is 10.0 Å². The van der Waals surface area contributed by atoms with Crippen molar-refractivity contribution in [3.63, 3.8) is 0 Å². The molecule has 0 fully saturated rings. The van der Waals surface area contributed by atoms with Crippen molar-refractivity contribution in [3.05, 3.63) is 84.4 Å². The fourth-order valence-corrected chi connectivity index (χ4v) is 6.09. The number of carbonyl (C=O) groups excluding carboxylic acids is 1. The zero-order valence-corrected chi connectivity index (χ0v) is 23.5. The molecule has 1 amide bonds. The molecule has 0 bridgehead atoms. The Labute approximate surface area is 228 Å². The van der Waals surface area contributed by atoms with Crippen LogP contribution in [0.25, 0.3) is 10.2 Å². The molecule has 37 heavy (non-hydrogen) atoms. The number of benzene rings is 3. The van der Waals surface area contributed by atoms with E-state index in [1.165, 1.54) is 34.8 Å². The van der Waals surface area contributed by atoms with Gasteiger partial charge >= 0.3 is 0 Å². The summed E-state index contributed by atoms with van der Waals surface area (Å²) in [5, 5.41) is 0.633. The molecule has 0 aliphatic heterocycles. The van der Waals surface area contributed by atoms with Crippen LogP contribution in [-0.2, 0) is 10.0 Å². The van der Waals surface area contributed by atoms with Crippen LogP contribution in [0.15, 0.2) is 83.8 Å². The number of hydrogen-bond donors (Lipinski definition) is 0. The van der Waals surface area contributed by atoms with Crippen molar-refractivity contribution < 1.29 is 13.2 Å². The Kier molecular flexibility index (Phi) is 9.67. The van der Waals surface area contributed by atoms with Crippen LogP contribution >= 0.6 is 23.7 Å². The van der Waals surface area contributed by atoms with Gasteiger partial charge in [-0.1, -0.05) is 55.5 Å². The maximum Gasteiger partial charge on any atom is 0.264 e. The molecule has 3 aromatic carbocycles. The number of anilines is 2. The molecule has 0 N–H and O–H groups in total.